The molecule has 0 bridgehead atoms. The van der Waals surface area contributed by atoms with E-state index in [-0.39, 0.29) is 5.82 Å². The summed E-state index contributed by atoms with van der Waals surface area (Å²) in [6.45, 7) is 1.85. The summed E-state index contributed by atoms with van der Waals surface area (Å²) in [6, 6.07) is 5.12. The van der Waals surface area contributed by atoms with Crippen molar-refractivity contribution >= 4 is 17.2 Å². The second-order valence-electron chi connectivity index (χ2n) is 4.03. The van der Waals surface area contributed by atoms with Crippen LogP contribution in [-0.2, 0) is 0 Å². The van der Waals surface area contributed by atoms with Crippen LogP contribution in [0.15, 0.2) is 36.8 Å². The van der Waals surface area contributed by atoms with Crippen molar-refractivity contribution in [1.82, 2.24) is 19.7 Å². The highest BCUT2D eigenvalue weighted by Crippen LogP contribution is 2.30. The van der Waals surface area contributed by atoms with Gasteiger partial charge in [-0.05, 0) is 24.0 Å². The van der Waals surface area contributed by atoms with E-state index in [4.69, 9.17) is 0 Å². The highest BCUT2D eigenvalue weighted by Gasteiger charge is 2.17. The normalized spacial score (nSPS) is 10.7. The van der Waals surface area contributed by atoms with Gasteiger partial charge in [0.25, 0.3) is 0 Å². The zero-order valence-electron chi connectivity index (χ0n) is 10.4. The van der Waals surface area contributed by atoms with Gasteiger partial charge >= 0.3 is 5.82 Å². The molecule has 0 aliphatic carbocycles. The van der Waals surface area contributed by atoms with E-state index in [1.165, 1.54) is 22.1 Å². The van der Waals surface area contributed by atoms with Crippen molar-refractivity contribution in [3.8, 4) is 15.6 Å². The zero-order chi connectivity index (χ0) is 14.1. The van der Waals surface area contributed by atoms with Gasteiger partial charge in [0, 0.05) is 18.0 Å². The largest absolute Gasteiger partial charge is 0.390 e. The molecule has 20 heavy (non-hydrogen) atoms. The maximum Gasteiger partial charge on any atom is 0.390 e. The van der Waals surface area contributed by atoms with Gasteiger partial charge in [0.1, 0.15) is 5.01 Å². The molecule has 7 nitrogen and oxygen atoms in total. The number of thiazole rings is 1. The van der Waals surface area contributed by atoms with Gasteiger partial charge in [-0.2, -0.15) is 0 Å². The van der Waals surface area contributed by atoms with Gasteiger partial charge in [0.15, 0.2) is 5.00 Å². The minimum absolute atomic E-state index is 0.180. The van der Waals surface area contributed by atoms with E-state index in [0.717, 1.165) is 21.3 Å². The maximum atomic E-state index is 10.7. The lowest BCUT2D eigenvalue weighted by Crippen LogP contribution is -1.96. The molecule has 0 aliphatic rings. The zero-order valence-corrected chi connectivity index (χ0v) is 11.2. The highest BCUT2D eigenvalue weighted by atomic mass is 32.1. The molecule has 0 unspecified atom stereocenters. The molecule has 3 aromatic heterocycles. The fourth-order valence-electron chi connectivity index (χ4n) is 1.74. The van der Waals surface area contributed by atoms with E-state index >= 15 is 0 Å². The molecular weight excluding hydrogens is 278 g/mol. The Balaban J connectivity index is 2.02. The Kier molecular flexibility index (Phi) is 2.99. The average molecular weight is 287 g/mol. The molecule has 100 valence electrons. The van der Waals surface area contributed by atoms with Crippen LogP contribution in [0, 0.1) is 17.0 Å². The number of pyridine rings is 1. The summed E-state index contributed by atoms with van der Waals surface area (Å²) < 4.78 is 1.48. The molecule has 0 spiro atoms. The van der Waals surface area contributed by atoms with Crippen LogP contribution in [-0.4, -0.2) is 24.7 Å². The second kappa shape index (κ2) is 4.82. The Bertz CT molecular complexity index is 765. The Labute approximate surface area is 117 Å². The molecular formula is C12H9N5O2S. The minimum atomic E-state index is -0.519. The van der Waals surface area contributed by atoms with Crippen LogP contribution in [0.4, 0.5) is 5.82 Å². The number of nitrogens with zero attached hydrogens (tertiary/aromatic N) is 5. The van der Waals surface area contributed by atoms with Gasteiger partial charge in [0.05, 0.1) is 23.1 Å². The van der Waals surface area contributed by atoms with Crippen LogP contribution in [0.1, 0.15) is 5.69 Å². The fraction of sp³-hybridized carbons (Fsp3) is 0.0833. The number of rotatable bonds is 3. The van der Waals surface area contributed by atoms with Crippen LogP contribution >= 0.6 is 11.3 Å². The van der Waals surface area contributed by atoms with Gasteiger partial charge in [-0.1, -0.05) is 11.3 Å². The van der Waals surface area contributed by atoms with Crippen LogP contribution in [0.5, 0.6) is 0 Å². The van der Waals surface area contributed by atoms with E-state index in [0.29, 0.717) is 0 Å². The average Bonchev–Trinajstić information content (AvgIpc) is 3.06. The van der Waals surface area contributed by atoms with Gasteiger partial charge in [-0.15, -0.1) is 4.68 Å². The molecule has 0 aromatic carbocycles. The van der Waals surface area contributed by atoms with Crippen LogP contribution in [0.2, 0.25) is 0 Å². The molecule has 0 fully saturated rings. The SMILES string of the molecule is Cc1nc(-c2cccnc2)sc1-n1ccc([N+](=O)[O-])n1. The van der Waals surface area contributed by atoms with E-state index in [1.807, 2.05) is 19.1 Å². The summed E-state index contributed by atoms with van der Waals surface area (Å²) in [5.74, 6) is -0.180. The van der Waals surface area contributed by atoms with E-state index in [9.17, 15) is 10.1 Å². The standard InChI is InChI=1S/C12H9N5O2S/c1-8-12(16-6-4-10(15-16)17(18)19)20-11(14-8)9-3-2-5-13-7-9/h2-7H,1H3. The van der Waals surface area contributed by atoms with Crippen molar-refractivity contribution in [2.24, 2.45) is 0 Å². The first-order chi connectivity index (χ1) is 9.65. The summed E-state index contributed by atoms with van der Waals surface area (Å²) in [6.07, 6.45) is 4.99. The third-order valence-electron chi connectivity index (χ3n) is 2.65. The molecule has 3 heterocycles. The predicted octanol–water partition coefficient (Wildman–Crippen LogP) is 2.61. The van der Waals surface area contributed by atoms with Crippen LogP contribution in [0.3, 0.4) is 0 Å². The molecule has 3 aromatic rings. The van der Waals surface area contributed by atoms with Gasteiger partial charge in [-0.3, -0.25) is 4.98 Å². The summed E-state index contributed by atoms with van der Waals surface area (Å²) in [4.78, 5) is 18.7. The number of nitro groups is 1. The Morgan fingerprint density at radius 3 is 2.90 bits per heavy atom. The topological polar surface area (TPSA) is 86.7 Å². The highest BCUT2D eigenvalue weighted by molar-refractivity contribution is 7.17. The lowest BCUT2D eigenvalue weighted by Gasteiger charge is -1.92. The van der Waals surface area contributed by atoms with Gasteiger partial charge < -0.3 is 10.1 Å². The van der Waals surface area contributed by atoms with E-state index in [1.54, 1.807) is 18.6 Å². The number of hydrogen-bond donors (Lipinski definition) is 0. The molecule has 8 heteroatoms. The third-order valence-corrected chi connectivity index (χ3v) is 3.85. The molecule has 0 amide bonds. The fourth-order valence-corrected chi connectivity index (χ4v) is 2.73. The Morgan fingerprint density at radius 1 is 1.40 bits per heavy atom. The van der Waals surface area contributed by atoms with Crippen molar-refractivity contribution in [2.45, 2.75) is 6.92 Å². The molecule has 0 aliphatic heterocycles. The minimum Gasteiger partial charge on any atom is -0.358 e. The molecule has 0 N–H and O–H groups in total. The second-order valence-corrected chi connectivity index (χ2v) is 5.00. The lowest BCUT2D eigenvalue weighted by molar-refractivity contribution is -0.389. The number of aryl methyl sites for hydroxylation is 1. The van der Waals surface area contributed by atoms with E-state index < -0.39 is 4.92 Å². The maximum absolute atomic E-state index is 10.7. The van der Waals surface area contributed by atoms with Crippen molar-refractivity contribution in [2.75, 3.05) is 0 Å². The number of hydrogen-bond acceptors (Lipinski definition) is 6. The molecule has 0 saturated carbocycles. The van der Waals surface area contributed by atoms with Crippen molar-refractivity contribution in [3.63, 3.8) is 0 Å². The Hall–Kier alpha value is -2.61. The van der Waals surface area contributed by atoms with Crippen LogP contribution < -0.4 is 0 Å². The van der Waals surface area contributed by atoms with Gasteiger partial charge in [0.2, 0.25) is 0 Å². The first kappa shape index (κ1) is 12.4. The van der Waals surface area contributed by atoms with Gasteiger partial charge in [-0.25, -0.2) is 4.98 Å². The first-order valence-electron chi connectivity index (χ1n) is 5.73. The molecule has 0 saturated heterocycles. The monoisotopic (exact) mass is 287 g/mol. The molecule has 0 atom stereocenters. The molecule has 0 radical (unpaired) electrons. The Morgan fingerprint density at radius 2 is 2.25 bits per heavy atom. The molecule has 3 rings (SSSR count). The smallest absolute Gasteiger partial charge is 0.358 e. The predicted molar refractivity (Wildman–Crippen MR) is 73.9 cm³/mol. The summed E-state index contributed by atoms with van der Waals surface area (Å²) in [7, 11) is 0. The van der Waals surface area contributed by atoms with Crippen LogP contribution in [0.25, 0.3) is 15.6 Å². The summed E-state index contributed by atoms with van der Waals surface area (Å²) in [5.41, 5.74) is 1.68. The lowest BCUT2D eigenvalue weighted by atomic mass is 10.3. The first-order valence-corrected chi connectivity index (χ1v) is 6.55. The number of aromatic nitrogens is 4. The van der Waals surface area contributed by atoms with Crippen molar-refractivity contribution in [3.05, 3.63) is 52.6 Å². The van der Waals surface area contributed by atoms with Crippen molar-refractivity contribution < 1.29 is 4.92 Å². The quantitative estimate of drug-likeness (QED) is 0.546. The summed E-state index contributed by atoms with van der Waals surface area (Å²) in [5, 5.41) is 16.2. The summed E-state index contributed by atoms with van der Waals surface area (Å²) >= 11 is 1.42. The third kappa shape index (κ3) is 2.16. The van der Waals surface area contributed by atoms with E-state index in [2.05, 4.69) is 15.1 Å². The van der Waals surface area contributed by atoms with Crippen molar-refractivity contribution in [1.29, 1.82) is 0 Å².